The Balaban J connectivity index is 2.06. The molecule has 3 aromatic rings. The first kappa shape index (κ1) is 17.4. The molecule has 0 fully saturated rings. The smallest absolute Gasteiger partial charge is 0.351 e. The van der Waals surface area contributed by atoms with E-state index in [2.05, 4.69) is 15.4 Å². The summed E-state index contributed by atoms with van der Waals surface area (Å²) in [6.45, 7) is 2.42. The summed E-state index contributed by atoms with van der Waals surface area (Å²) < 4.78 is 40.9. The topological polar surface area (TPSA) is 59.3 Å². The Morgan fingerprint density at radius 2 is 2.16 bits per heavy atom. The lowest BCUT2D eigenvalue weighted by Crippen LogP contribution is -2.25. The maximum absolute atomic E-state index is 13.4. The van der Waals surface area contributed by atoms with Gasteiger partial charge < -0.3 is 5.32 Å². The van der Waals surface area contributed by atoms with Gasteiger partial charge in [-0.05, 0) is 23.9 Å². The first-order valence-electron chi connectivity index (χ1n) is 7.70. The van der Waals surface area contributed by atoms with E-state index in [1.807, 2.05) is 6.92 Å². The summed E-state index contributed by atoms with van der Waals surface area (Å²) >= 11 is 1.29. The van der Waals surface area contributed by atoms with Gasteiger partial charge in [-0.3, -0.25) is 4.79 Å². The van der Waals surface area contributed by atoms with Gasteiger partial charge in [-0.15, -0.1) is 11.3 Å². The summed E-state index contributed by atoms with van der Waals surface area (Å²) in [5, 5.41) is 8.21. The number of unbranched alkanes of at least 4 members (excludes halogenated alkanes) is 1. The molecule has 3 heterocycles. The number of amides is 1. The summed E-state index contributed by atoms with van der Waals surface area (Å²) in [6.07, 6.45) is -2.93. The molecule has 1 amide bonds. The number of hydrogen-bond acceptors (Lipinski definition) is 4. The molecule has 132 valence electrons. The number of nitrogens with one attached hydrogen (secondary N) is 1. The van der Waals surface area contributed by atoms with Crippen molar-refractivity contribution in [1.82, 2.24) is 19.9 Å². The molecule has 0 spiro atoms. The molecular weight excluding hydrogens is 353 g/mol. The minimum absolute atomic E-state index is 0.0149. The standard InChI is InChI=1S/C16H15F3N4OS/c1-2-3-6-20-15(24)11-9-14-21-10(12-5-4-7-25-12)8-13(16(17,18)19)23(14)22-11/h4-5,7-9H,2-3,6H2,1H3,(H,20,24). The molecule has 0 aromatic carbocycles. The van der Waals surface area contributed by atoms with Crippen LogP contribution in [0.4, 0.5) is 13.2 Å². The van der Waals surface area contributed by atoms with Crippen LogP contribution in [-0.4, -0.2) is 27.0 Å². The van der Waals surface area contributed by atoms with E-state index in [0.717, 1.165) is 18.9 Å². The van der Waals surface area contributed by atoms with Crippen molar-refractivity contribution < 1.29 is 18.0 Å². The van der Waals surface area contributed by atoms with E-state index in [-0.39, 0.29) is 17.0 Å². The molecule has 1 N–H and O–H groups in total. The van der Waals surface area contributed by atoms with Crippen LogP contribution >= 0.6 is 11.3 Å². The third-order valence-electron chi connectivity index (χ3n) is 3.54. The van der Waals surface area contributed by atoms with Crippen molar-refractivity contribution in [3.8, 4) is 10.6 Å². The van der Waals surface area contributed by atoms with Gasteiger partial charge in [0.1, 0.15) is 0 Å². The minimum atomic E-state index is -4.62. The van der Waals surface area contributed by atoms with Crippen molar-refractivity contribution in [2.75, 3.05) is 6.54 Å². The van der Waals surface area contributed by atoms with Crippen LogP contribution in [0.1, 0.15) is 35.9 Å². The number of carbonyl (C=O) groups excluding carboxylic acids is 1. The van der Waals surface area contributed by atoms with Gasteiger partial charge in [-0.1, -0.05) is 19.4 Å². The molecule has 0 aliphatic carbocycles. The second-order valence-corrected chi connectivity index (χ2v) is 6.36. The Kier molecular flexibility index (Phi) is 4.76. The van der Waals surface area contributed by atoms with Gasteiger partial charge in [-0.25, -0.2) is 9.50 Å². The predicted octanol–water partition coefficient (Wildman–Crippen LogP) is 4.01. The molecule has 3 aromatic heterocycles. The zero-order valence-corrected chi connectivity index (χ0v) is 14.1. The van der Waals surface area contributed by atoms with Gasteiger partial charge in [0.05, 0.1) is 10.6 Å². The van der Waals surface area contributed by atoms with Crippen LogP contribution in [-0.2, 0) is 6.18 Å². The van der Waals surface area contributed by atoms with Crippen LogP contribution in [0.5, 0.6) is 0 Å². The fourth-order valence-corrected chi connectivity index (χ4v) is 2.99. The summed E-state index contributed by atoms with van der Waals surface area (Å²) in [4.78, 5) is 16.9. The number of carbonyl (C=O) groups is 1. The number of halogens is 3. The van der Waals surface area contributed by atoms with Gasteiger partial charge in [0.25, 0.3) is 5.91 Å². The van der Waals surface area contributed by atoms with Crippen molar-refractivity contribution in [3.05, 3.63) is 41.0 Å². The molecule has 0 aliphatic rings. The second-order valence-electron chi connectivity index (χ2n) is 5.41. The molecule has 25 heavy (non-hydrogen) atoms. The van der Waals surface area contributed by atoms with E-state index in [1.54, 1.807) is 17.5 Å². The molecule has 0 radical (unpaired) electrons. The fourth-order valence-electron chi connectivity index (χ4n) is 2.31. The third-order valence-corrected chi connectivity index (χ3v) is 4.43. The van der Waals surface area contributed by atoms with Crippen LogP contribution in [0.15, 0.2) is 29.6 Å². The van der Waals surface area contributed by atoms with E-state index in [1.165, 1.54) is 17.4 Å². The lowest BCUT2D eigenvalue weighted by Gasteiger charge is -2.10. The highest BCUT2D eigenvalue weighted by molar-refractivity contribution is 7.13. The fraction of sp³-hybridized carbons (Fsp3) is 0.312. The highest BCUT2D eigenvalue weighted by Crippen LogP contribution is 2.33. The Bertz CT molecular complexity index is 887. The van der Waals surface area contributed by atoms with E-state index in [0.29, 0.717) is 15.9 Å². The third kappa shape index (κ3) is 3.65. The number of fused-ring (bicyclic) bond motifs is 1. The number of aromatic nitrogens is 3. The lowest BCUT2D eigenvalue weighted by atomic mass is 10.2. The first-order valence-corrected chi connectivity index (χ1v) is 8.58. The van der Waals surface area contributed by atoms with Gasteiger partial charge in [0.2, 0.25) is 0 Å². The monoisotopic (exact) mass is 368 g/mol. The van der Waals surface area contributed by atoms with Crippen LogP contribution in [0.2, 0.25) is 0 Å². The van der Waals surface area contributed by atoms with Gasteiger partial charge in [0.15, 0.2) is 17.0 Å². The molecule has 0 saturated heterocycles. The second kappa shape index (κ2) is 6.83. The highest BCUT2D eigenvalue weighted by Gasteiger charge is 2.35. The van der Waals surface area contributed by atoms with Crippen molar-refractivity contribution in [2.24, 2.45) is 0 Å². The Hall–Kier alpha value is -2.42. The lowest BCUT2D eigenvalue weighted by molar-refractivity contribution is -0.142. The van der Waals surface area contributed by atoms with E-state index in [4.69, 9.17) is 0 Å². The Labute approximate surface area is 145 Å². The number of alkyl halides is 3. The van der Waals surface area contributed by atoms with Crippen LogP contribution in [0.3, 0.4) is 0 Å². The molecule has 0 atom stereocenters. The average molecular weight is 368 g/mol. The van der Waals surface area contributed by atoms with E-state index in [9.17, 15) is 18.0 Å². The summed E-state index contributed by atoms with van der Waals surface area (Å²) in [5.41, 5.74) is -0.863. The number of nitrogens with zero attached hydrogens (tertiary/aromatic N) is 3. The van der Waals surface area contributed by atoms with Crippen molar-refractivity contribution in [3.63, 3.8) is 0 Å². The summed E-state index contributed by atoms with van der Waals surface area (Å²) in [5.74, 6) is -0.509. The molecule has 0 aliphatic heterocycles. The highest BCUT2D eigenvalue weighted by atomic mass is 32.1. The van der Waals surface area contributed by atoms with E-state index >= 15 is 0 Å². The van der Waals surface area contributed by atoms with Crippen LogP contribution in [0, 0.1) is 0 Å². The Morgan fingerprint density at radius 3 is 2.80 bits per heavy atom. The maximum atomic E-state index is 13.4. The Morgan fingerprint density at radius 1 is 1.36 bits per heavy atom. The molecule has 5 nitrogen and oxygen atoms in total. The number of thiophene rings is 1. The summed E-state index contributed by atoms with van der Waals surface area (Å²) in [6, 6.07) is 5.65. The largest absolute Gasteiger partial charge is 0.433 e. The van der Waals surface area contributed by atoms with Crippen molar-refractivity contribution >= 4 is 22.9 Å². The number of hydrogen-bond donors (Lipinski definition) is 1. The average Bonchev–Trinajstić information content (AvgIpc) is 3.22. The van der Waals surface area contributed by atoms with Gasteiger partial charge in [0, 0.05) is 12.6 Å². The molecule has 3 rings (SSSR count). The quantitative estimate of drug-likeness (QED) is 0.693. The maximum Gasteiger partial charge on any atom is 0.433 e. The molecule has 9 heteroatoms. The molecule has 0 unspecified atom stereocenters. The summed E-state index contributed by atoms with van der Waals surface area (Å²) in [7, 11) is 0. The predicted molar refractivity (Wildman–Crippen MR) is 88.5 cm³/mol. The number of rotatable bonds is 5. The minimum Gasteiger partial charge on any atom is -0.351 e. The van der Waals surface area contributed by atoms with Crippen LogP contribution < -0.4 is 5.32 Å². The van der Waals surface area contributed by atoms with Crippen molar-refractivity contribution in [2.45, 2.75) is 25.9 Å². The molecular formula is C16H15F3N4OS. The molecule has 0 bridgehead atoms. The van der Waals surface area contributed by atoms with E-state index < -0.39 is 17.8 Å². The molecule has 0 saturated carbocycles. The van der Waals surface area contributed by atoms with Gasteiger partial charge in [-0.2, -0.15) is 18.3 Å². The normalized spacial score (nSPS) is 11.8. The van der Waals surface area contributed by atoms with Crippen LogP contribution in [0.25, 0.3) is 16.2 Å². The zero-order valence-electron chi connectivity index (χ0n) is 13.3. The first-order chi connectivity index (χ1) is 11.9. The zero-order chi connectivity index (χ0) is 18.0. The van der Waals surface area contributed by atoms with Crippen molar-refractivity contribution in [1.29, 1.82) is 0 Å². The van der Waals surface area contributed by atoms with Gasteiger partial charge >= 0.3 is 6.18 Å². The SMILES string of the molecule is CCCCNC(=O)c1cc2nc(-c3cccs3)cc(C(F)(F)F)n2n1.